The van der Waals surface area contributed by atoms with Gasteiger partial charge in [-0.15, -0.1) is 0 Å². The van der Waals surface area contributed by atoms with Gasteiger partial charge in [-0.1, -0.05) is 0 Å². The molecule has 0 aliphatic rings. The molecule has 0 aliphatic heterocycles. The monoisotopic (exact) mass is 394 g/mol. The van der Waals surface area contributed by atoms with Crippen molar-refractivity contribution in [3.63, 3.8) is 0 Å². The normalized spacial score (nSPS) is 11.2. The number of aryl methyl sites for hydroxylation is 2. The number of unbranched alkanes of at least 4 members (excludes halogenated alkanes) is 1. The number of benzene rings is 1. The molecule has 24 heavy (non-hydrogen) atoms. The predicted octanol–water partition coefficient (Wildman–Crippen LogP) is 1.73. The van der Waals surface area contributed by atoms with Crippen LogP contribution in [0.4, 0.5) is 0 Å². The average molecular weight is 393 g/mol. The Labute approximate surface area is 149 Å². The molecule has 1 N–H and O–H groups in total. The van der Waals surface area contributed by atoms with Crippen LogP contribution in [0.1, 0.15) is 56.2 Å². The van der Waals surface area contributed by atoms with E-state index in [1.54, 1.807) is 4.57 Å². The van der Waals surface area contributed by atoms with E-state index in [0.29, 0.717) is 6.54 Å². The van der Waals surface area contributed by atoms with Gasteiger partial charge in [0.15, 0.2) is 0 Å². The summed E-state index contributed by atoms with van der Waals surface area (Å²) < 4.78 is 3.92. The van der Waals surface area contributed by atoms with Gasteiger partial charge in [0.05, 0.1) is 0 Å². The fourth-order valence-corrected chi connectivity index (χ4v) is 5.82. The predicted molar refractivity (Wildman–Crippen MR) is 101 cm³/mol. The number of nitrogens with zero attached hydrogens (tertiary/aromatic N) is 1. The Morgan fingerprint density at radius 2 is 1.75 bits per heavy atom. The molecule has 0 radical (unpaired) electrons. The van der Waals surface area contributed by atoms with Crippen molar-refractivity contribution in [2.45, 2.75) is 59.9 Å². The second-order valence-electron chi connectivity index (χ2n) is 6.56. The molecule has 0 bridgehead atoms. The third-order valence-corrected chi connectivity index (χ3v) is 6.23. The summed E-state index contributed by atoms with van der Waals surface area (Å²) in [7, 11) is 0. The zero-order chi connectivity index (χ0) is 17.9. The summed E-state index contributed by atoms with van der Waals surface area (Å²) in [6.07, 6.45) is 1.94. The molecular weight excluding hydrogens is 367 g/mol. The van der Waals surface area contributed by atoms with E-state index in [1.807, 2.05) is 13.8 Å². The summed E-state index contributed by atoms with van der Waals surface area (Å²) in [5.41, 5.74) is 2.67. The third-order valence-electron chi connectivity index (χ3n) is 3.91. The molecule has 2 aromatic rings. The summed E-state index contributed by atoms with van der Waals surface area (Å²) in [6.45, 7) is 11.0. The minimum atomic E-state index is -0.279. The van der Waals surface area contributed by atoms with Crippen LogP contribution in [0.15, 0.2) is 27.8 Å². The first-order chi connectivity index (χ1) is 11.3. The van der Waals surface area contributed by atoms with E-state index in [2.05, 4.69) is 44.0 Å². The van der Waals surface area contributed by atoms with Gasteiger partial charge in [-0.2, -0.15) is 0 Å². The molecule has 5 heteroatoms. The standard InChI is InChI=1S/C19H26N2O2Se/c1-6-7-8-21-18(16(12(2)3)17(22)20-19(21)23)24-15-10-13(4)9-14(5)11-15/h9-12H,6-8H2,1-5H3,(H,20,22,23). The van der Waals surface area contributed by atoms with Crippen LogP contribution in [-0.4, -0.2) is 24.5 Å². The van der Waals surface area contributed by atoms with Crippen molar-refractivity contribution >= 4 is 24.0 Å². The van der Waals surface area contributed by atoms with Gasteiger partial charge in [0, 0.05) is 0 Å². The Balaban J connectivity index is 2.63. The van der Waals surface area contributed by atoms with Crippen molar-refractivity contribution in [3.05, 3.63) is 55.7 Å². The summed E-state index contributed by atoms with van der Waals surface area (Å²) >= 11 is -0.0719. The van der Waals surface area contributed by atoms with Crippen LogP contribution in [0.25, 0.3) is 0 Å². The molecule has 0 spiro atoms. The van der Waals surface area contributed by atoms with Gasteiger partial charge in [0.25, 0.3) is 0 Å². The Morgan fingerprint density at radius 1 is 1.12 bits per heavy atom. The molecular formula is C19H26N2O2Se. The molecule has 1 aromatic heterocycles. The molecule has 2 rings (SSSR count). The number of aromatic nitrogens is 2. The Morgan fingerprint density at radius 3 is 2.29 bits per heavy atom. The summed E-state index contributed by atoms with van der Waals surface area (Å²) in [6, 6.07) is 6.46. The van der Waals surface area contributed by atoms with Crippen molar-refractivity contribution in [2.75, 3.05) is 0 Å². The Bertz CT molecular complexity index is 814. The van der Waals surface area contributed by atoms with Crippen molar-refractivity contribution < 1.29 is 0 Å². The Hall–Kier alpha value is -1.58. The topological polar surface area (TPSA) is 54.9 Å². The van der Waals surface area contributed by atoms with Crippen molar-refractivity contribution in [2.24, 2.45) is 0 Å². The van der Waals surface area contributed by atoms with Crippen molar-refractivity contribution in [1.82, 2.24) is 9.55 Å². The number of aromatic amines is 1. The molecule has 1 aromatic carbocycles. The molecule has 0 fully saturated rings. The van der Waals surface area contributed by atoms with E-state index in [9.17, 15) is 9.59 Å². The first-order valence-electron chi connectivity index (χ1n) is 8.46. The quantitative estimate of drug-likeness (QED) is 0.760. The average Bonchev–Trinajstić information content (AvgIpc) is 2.45. The zero-order valence-electron chi connectivity index (χ0n) is 15.1. The van der Waals surface area contributed by atoms with Crippen LogP contribution in [0.3, 0.4) is 0 Å². The summed E-state index contributed by atoms with van der Waals surface area (Å²) in [5.74, 6) is 0.0880. The van der Waals surface area contributed by atoms with Crippen LogP contribution in [0.2, 0.25) is 0 Å². The first kappa shape index (κ1) is 18.8. The second-order valence-corrected chi connectivity index (χ2v) is 8.79. The molecule has 130 valence electrons. The van der Waals surface area contributed by atoms with Crippen molar-refractivity contribution in [3.8, 4) is 0 Å². The Kier molecular flexibility index (Phi) is 6.25. The number of nitrogens with one attached hydrogen (secondary N) is 1. The van der Waals surface area contributed by atoms with Gasteiger partial charge in [0.2, 0.25) is 0 Å². The molecule has 4 nitrogen and oxygen atoms in total. The maximum absolute atomic E-state index is 12.4. The first-order valence-corrected chi connectivity index (χ1v) is 10.2. The SMILES string of the molecule is CCCCn1c([Se]c2cc(C)cc(C)c2)c(C(C)C)c(=O)[nH]c1=O. The van der Waals surface area contributed by atoms with E-state index >= 15 is 0 Å². The van der Waals surface area contributed by atoms with Gasteiger partial charge in [-0.3, -0.25) is 0 Å². The summed E-state index contributed by atoms with van der Waals surface area (Å²) in [5, 5.41) is 0. The second kappa shape index (κ2) is 8.00. The maximum atomic E-state index is 12.4. The fourth-order valence-electron chi connectivity index (χ4n) is 2.81. The van der Waals surface area contributed by atoms with E-state index in [-0.39, 0.29) is 32.1 Å². The van der Waals surface area contributed by atoms with Crippen LogP contribution >= 0.6 is 0 Å². The van der Waals surface area contributed by atoms with Gasteiger partial charge < -0.3 is 0 Å². The third kappa shape index (κ3) is 4.28. The van der Waals surface area contributed by atoms with Crippen LogP contribution in [0.5, 0.6) is 0 Å². The number of hydrogen-bond acceptors (Lipinski definition) is 2. The molecule has 0 amide bonds. The zero-order valence-corrected chi connectivity index (χ0v) is 16.8. The molecule has 0 saturated carbocycles. The number of rotatable bonds is 6. The van der Waals surface area contributed by atoms with Crippen molar-refractivity contribution in [1.29, 1.82) is 0 Å². The van der Waals surface area contributed by atoms with Gasteiger partial charge in [0.1, 0.15) is 0 Å². The van der Waals surface area contributed by atoms with Gasteiger partial charge >= 0.3 is 149 Å². The van der Waals surface area contributed by atoms with E-state index in [4.69, 9.17) is 0 Å². The fraction of sp³-hybridized carbons (Fsp3) is 0.474. The summed E-state index contributed by atoms with van der Waals surface area (Å²) in [4.78, 5) is 27.3. The molecule has 0 atom stereocenters. The van der Waals surface area contributed by atoms with Crippen LogP contribution < -0.4 is 20.3 Å². The van der Waals surface area contributed by atoms with Gasteiger partial charge in [-0.25, -0.2) is 0 Å². The molecule has 1 heterocycles. The molecule has 0 saturated heterocycles. The molecule has 0 aliphatic carbocycles. The van der Waals surface area contributed by atoms with Crippen LogP contribution in [-0.2, 0) is 6.54 Å². The number of H-pyrrole nitrogens is 1. The van der Waals surface area contributed by atoms with E-state index < -0.39 is 0 Å². The van der Waals surface area contributed by atoms with E-state index in [1.165, 1.54) is 15.6 Å². The van der Waals surface area contributed by atoms with E-state index in [0.717, 1.165) is 23.0 Å². The molecule has 0 unspecified atom stereocenters. The van der Waals surface area contributed by atoms with Crippen LogP contribution in [0, 0.1) is 13.8 Å². The minimum absolute atomic E-state index is 0.0719. The number of hydrogen-bond donors (Lipinski definition) is 1. The van der Waals surface area contributed by atoms with Gasteiger partial charge in [-0.05, 0) is 0 Å².